The first-order chi connectivity index (χ1) is 2.81. The van der Waals surface area contributed by atoms with E-state index < -0.39 is 0 Å². The summed E-state index contributed by atoms with van der Waals surface area (Å²) in [7, 11) is 0. The molecule has 0 nitrogen and oxygen atoms in total. The maximum Gasteiger partial charge on any atom is 0 e. The molecule has 1 heteroatoms. The first kappa shape index (κ1) is 10.8. The van der Waals surface area contributed by atoms with Crippen molar-refractivity contribution in [2.45, 2.75) is 26.7 Å². The molecule has 0 saturated heterocycles. The van der Waals surface area contributed by atoms with Crippen molar-refractivity contribution in [1.29, 1.82) is 0 Å². The molecule has 1 radical (unpaired) electrons. The van der Waals surface area contributed by atoms with Gasteiger partial charge in [0.2, 0.25) is 0 Å². The fourth-order valence-corrected chi connectivity index (χ4v) is 0.204. The van der Waals surface area contributed by atoms with Gasteiger partial charge in [-0.05, 0) is 0 Å². The molecule has 1 unspecified atom stereocenters. The molecule has 0 N–H and O–H groups in total. The molecule has 0 aromatic rings. The standard InChI is InChI=1S/C6H13.Sc/c1-4-6(3)5-2;/h6H,1,4-5H2,2-3H3;/q-1;. The van der Waals surface area contributed by atoms with Gasteiger partial charge in [-0.1, -0.05) is 26.2 Å². The monoisotopic (exact) mass is 130 g/mol. The minimum atomic E-state index is 0. The molecule has 0 aromatic carbocycles. The van der Waals surface area contributed by atoms with Gasteiger partial charge in [0.1, 0.15) is 0 Å². The topological polar surface area (TPSA) is 0 Å². The molecule has 7 heavy (non-hydrogen) atoms. The van der Waals surface area contributed by atoms with Crippen molar-refractivity contribution in [2.24, 2.45) is 5.92 Å². The van der Waals surface area contributed by atoms with Crippen LogP contribution in [0.2, 0.25) is 0 Å². The van der Waals surface area contributed by atoms with Crippen LogP contribution in [0.15, 0.2) is 0 Å². The van der Waals surface area contributed by atoms with Gasteiger partial charge in [0.25, 0.3) is 0 Å². The van der Waals surface area contributed by atoms with Crippen molar-refractivity contribution in [2.75, 3.05) is 0 Å². The van der Waals surface area contributed by atoms with E-state index in [2.05, 4.69) is 20.8 Å². The average Bonchev–Trinajstić information content (AvgIpc) is 1.65. The normalized spacial score (nSPS) is 12.4. The molecule has 0 spiro atoms. The molecule has 0 aliphatic heterocycles. The van der Waals surface area contributed by atoms with Crippen molar-refractivity contribution in [1.82, 2.24) is 0 Å². The smallest absolute Gasteiger partial charge is 0 e. The summed E-state index contributed by atoms with van der Waals surface area (Å²) < 4.78 is 0. The fourth-order valence-electron chi connectivity index (χ4n) is 0.204. The molecule has 0 fully saturated rings. The molecular weight excluding hydrogens is 117 g/mol. The third-order valence-electron chi connectivity index (χ3n) is 1.19. The Hall–Kier alpha value is 0.870. The Bertz CT molecular complexity index is 23.4. The molecule has 41 valence electrons. The van der Waals surface area contributed by atoms with Crippen LogP contribution in [0.3, 0.4) is 0 Å². The molecule has 0 saturated carbocycles. The average molecular weight is 130 g/mol. The molecule has 0 aliphatic rings. The molecule has 0 bridgehead atoms. The van der Waals surface area contributed by atoms with E-state index in [0.29, 0.717) is 0 Å². The van der Waals surface area contributed by atoms with E-state index >= 15 is 0 Å². The van der Waals surface area contributed by atoms with Gasteiger partial charge in [-0.25, -0.2) is 0 Å². The van der Waals surface area contributed by atoms with Crippen molar-refractivity contribution < 1.29 is 25.8 Å². The van der Waals surface area contributed by atoms with Crippen molar-refractivity contribution in [3.8, 4) is 0 Å². The minimum Gasteiger partial charge on any atom is -0.343 e. The summed E-state index contributed by atoms with van der Waals surface area (Å²) in [5.74, 6) is 0.824. The van der Waals surface area contributed by atoms with Crippen LogP contribution >= 0.6 is 0 Å². The predicted octanol–water partition coefficient (Wildman–Crippen LogP) is 2.25. The third-order valence-corrected chi connectivity index (χ3v) is 1.19. The van der Waals surface area contributed by atoms with Gasteiger partial charge in [0.15, 0.2) is 0 Å². The Kier molecular flexibility index (Phi) is 10.6. The van der Waals surface area contributed by atoms with E-state index in [4.69, 9.17) is 0 Å². The number of rotatable bonds is 2. The quantitative estimate of drug-likeness (QED) is 0.503. The number of hydrogen-bond donors (Lipinski definition) is 0. The van der Waals surface area contributed by atoms with Gasteiger partial charge >= 0.3 is 0 Å². The van der Waals surface area contributed by atoms with E-state index in [1.807, 2.05) is 0 Å². The Balaban J connectivity index is 0. The second kappa shape index (κ2) is 6.87. The first-order valence-corrected chi connectivity index (χ1v) is 2.60. The van der Waals surface area contributed by atoms with Crippen LogP contribution in [0.5, 0.6) is 0 Å². The van der Waals surface area contributed by atoms with Crippen LogP contribution in [0.1, 0.15) is 26.7 Å². The molecule has 0 heterocycles. The second-order valence-electron chi connectivity index (χ2n) is 1.80. The SMILES string of the molecule is [CH2-]CC(C)CC.[Sc]. The maximum absolute atomic E-state index is 3.76. The van der Waals surface area contributed by atoms with Crippen LogP contribution in [-0.4, -0.2) is 0 Å². The van der Waals surface area contributed by atoms with E-state index in [1.165, 1.54) is 6.42 Å². The maximum atomic E-state index is 3.76. The largest absolute Gasteiger partial charge is 0.343 e. The molecule has 0 rings (SSSR count). The Labute approximate surface area is 65.5 Å². The Morgan fingerprint density at radius 1 is 1.57 bits per heavy atom. The molecule has 1 atom stereocenters. The minimum absolute atomic E-state index is 0. The van der Waals surface area contributed by atoms with E-state index in [9.17, 15) is 0 Å². The summed E-state index contributed by atoms with van der Waals surface area (Å²) in [4.78, 5) is 0. The van der Waals surface area contributed by atoms with Gasteiger partial charge in [0, 0.05) is 25.8 Å². The van der Waals surface area contributed by atoms with Gasteiger partial charge in [-0.2, -0.15) is 6.42 Å². The zero-order valence-corrected chi connectivity index (χ0v) is 7.08. The van der Waals surface area contributed by atoms with Gasteiger partial charge in [-0.15, -0.1) is 0 Å². The molecule has 0 aromatic heterocycles. The zero-order chi connectivity index (χ0) is 4.99. The third kappa shape index (κ3) is 6.87. The van der Waals surface area contributed by atoms with Crippen molar-refractivity contribution >= 4 is 0 Å². The Morgan fingerprint density at radius 2 is 2.00 bits per heavy atom. The van der Waals surface area contributed by atoms with Crippen LogP contribution in [-0.2, 0) is 25.8 Å². The summed E-state index contributed by atoms with van der Waals surface area (Å²) in [5.41, 5.74) is 0. The first-order valence-electron chi connectivity index (χ1n) is 2.60. The van der Waals surface area contributed by atoms with E-state index in [1.54, 1.807) is 0 Å². The predicted molar refractivity (Wildman–Crippen MR) is 29.4 cm³/mol. The van der Waals surface area contributed by atoms with Crippen molar-refractivity contribution in [3.63, 3.8) is 0 Å². The zero-order valence-electron chi connectivity index (χ0n) is 5.28. The molecular formula is C6H13Sc-. The van der Waals surface area contributed by atoms with Crippen LogP contribution in [0.4, 0.5) is 0 Å². The fraction of sp³-hybridized carbons (Fsp3) is 0.833. The molecule has 0 aliphatic carbocycles. The van der Waals surface area contributed by atoms with Crippen LogP contribution < -0.4 is 0 Å². The van der Waals surface area contributed by atoms with Gasteiger partial charge in [0.05, 0.1) is 0 Å². The Morgan fingerprint density at radius 3 is 2.00 bits per heavy atom. The number of hydrogen-bond acceptors (Lipinski definition) is 0. The summed E-state index contributed by atoms with van der Waals surface area (Å²) in [6, 6.07) is 0. The van der Waals surface area contributed by atoms with Gasteiger partial charge in [-0.3, -0.25) is 0 Å². The summed E-state index contributed by atoms with van der Waals surface area (Å²) in [5, 5.41) is 0. The summed E-state index contributed by atoms with van der Waals surface area (Å²) in [6.07, 6.45) is 2.35. The van der Waals surface area contributed by atoms with Crippen molar-refractivity contribution in [3.05, 3.63) is 6.92 Å². The van der Waals surface area contributed by atoms with E-state index in [0.717, 1.165) is 12.3 Å². The van der Waals surface area contributed by atoms with Crippen LogP contribution in [0, 0.1) is 12.8 Å². The van der Waals surface area contributed by atoms with Gasteiger partial charge < -0.3 is 6.92 Å². The van der Waals surface area contributed by atoms with Crippen LogP contribution in [0.25, 0.3) is 0 Å². The second-order valence-corrected chi connectivity index (χ2v) is 1.80. The van der Waals surface area contributed by atoms with E-state index in [-0.39, 0.29) is 25.8 Å². The summed E-state index contributed by atoms with van der Waals surface area (Å²) in [6.45, 7) is 8.16. The molecule has 0 amide bonds. The summed E-state index contributed by atoms with van der Waals surface area (Å²) >= 11 is 0.